The third kappa shape index (κ3) is 4.46. The van der Waals surface area contributed by atoms with Gasteiger partial charge in [0.1, 0.15) is 0 Å². The molecule has 0 aromatic carbocycles. The predicted molar refractivity (Wildman–Crippen MR) is 84.1 cm³/mol. The number of pyridine rings is 1. The molecule has 0 aliphatic rings. The summed E-state index contributed by atoms with van der Waals surface area (Å²) in [6, 6.07) is 5.81. The Kier molecular flexibility index (Phi) is 5.57. The molecule has 0 saturated carbocycles. The number of nitrogens with one attached hydrogen (secondary N) is 1. The maximum absolute atomic E-state index is 11.9. The van der Waals surface area contributed by atoms with Crippen molar-refractivity contribution in [3.8, 4) is 0 Å². The highest BCUT2D eigenvalue weighted by molar-refractivity contribution is 8.00. The van der Waals surface area contributed by atoms with Crippen molar-refractivity contribution in [3.63, 3.8) is 0 Å². The van der Waals surface area contributed by atoms with E-state index < -0.39 is 0 Å². The number of rotatable bonds is 7. The Bertz CT molecular complexity index is 597. The fraction of sp³-hybridized carbons (Fsp3) is 0.267. The molecule has 1 atom stereocenters. The SMILES string of the molecule is C=CCNC(=O)[C@H](C)Sc1nccn1Cc1ccccn1. The Morgan fingerprint density at radius 1 is 1.48 bits per heavy atom. The lowest BCUT2D eigenvalue weighted by molar-refractivity contribution is -0.120. The van der Waals surface area contributed by atoms with Crippen molar-refractivity contribution in [1.82, 2.24) is 19.9 Å². The number of hydrogen-bond donors (Lipinski definition) is 1. The van der Waals surface area contributed by atoms with Crippen molar-refractivity contribution in [1.29, 1.82) is 0 Å². The quantitative estimate of drug-likeness (QED) is 0.628. The highest BCUT2D eigenvalue weighted by atomic mass is 32.2. The van der Waals surface area contributed by atoms with Crippen molar-refractivity contribution < 1.29 is 4.79 Å². The first kappa shape index (κ1) is 15.3. The Morgan fingerprint density at radius 3 is 3.05 bits per heavy atom. The summed E-state index contributed by atoms with van der Waals surface area (Å²) >= 11 is 1.43. The van der Waals surface area contributed by atoms with Crippen LogP contribution >= 0.6 is 11.8 Å². The number of carbonyl (C=O) groups excluding carboxylic acids is 1. The average molecular weight is 302 g/mol. The Labute approximate surface area is 128 Å². The molecule has 2 aromatic heterocycles. The van der Waals surface area contributed by atoms with E-state index in [1.54, 1.807) is 18.5 Å². The number of amides is 1. The van der Waals surface area contributed by atoms with Crippen molar-refractivity contribution in [2.24, 2.45) is 0 Å². The largest absolute Gasteiger partial charge is 0.352 e. The number of aromatic nitrogens is 3. The van der Waals surface area contributed by atoms with Crippen LogP contribution in [0.5, 0.6) is 0 Å². The Hall–Kier alpha value is -2.08. The summed E-state index contributed by atoms with van der Waals surface area (Å²) in [5, 5.41) is 3.38. The summed E-state index contributed by atoms with van der Waals surface area (Å²) in [4.78, 5) is 20.5. The lowest BCUT2D eigenvalue weighted by Crippen LogP contribution is -2.31. The fourth-order valence-electron chi connectivity index (χ4n) is 1.73. The van der Waals surface area contributed by atoms with Gasteiger partial charge >= 0.3 is 0 Å². The fourth-order valence-corrected chi connectivity index (χ4v) is 2.62. The Morgan fingerprint density at radius 2 is 2.33 bits per heavy atom. The van der Waals surface area contributed by atoms with Gasteiger partial charge in [0.25, 0.3) is 0 Å². The molecule has 0 aliphatic heterocycles. The second-order valence-corrected chi connectivity index (χ2v) is 5.76. The molecule has 2 aromatic rings. The molecule has 0 saturated heterocycles. The highest BCUT2D eigenvalue weighted by Gasteiger charge is 2.16. The van der Waals surface area contributed by atoms with Crippen LogP contribution in [0.2, 0.25) is 0 Å². The third-order valence-corrected chi connectivity index (χ3v) is 3.93. The van der Waals surface area contributed by atoms with Gasteiger partial charge in [0.05, 0.1) is 17.5 Å². The van der Waals surface area contributed by atoms with Crippen LogP contribution in [0.15, 0.2) is 54.6 Å². The van der Waals surface area contributed by atoms with Gasteiger partial charge in [0.2, 0.25) is 5.91 Å². The topological polar surface area (TPSA) is 59.8 Å². The summed E-state index contributed by atoms with van der Waals surface area (Å²) in [5.74, 6) is -0.0210. The first-order valence-corrected chi connectivity index (χ1v) is 7.55. The average Bonchev–Trinajstić information content (AvgIpc) is 2.92. The predicted octanol–water partition coefficient (Wildman–Crippen LogP) is 2.11. The zero-order chi connectivity index (χ0) is 15.1. The zero-order valence-corrected chi connectivity index (χ0v) is 12.7. The number of thioether (sulfide) groups is 1. The molecule has 0 aliphatic carbocycles. The number of nitrogens with zero attached hydrogens (tertiary/aromatic N) is 3. The summed E-state index contributed by atoms with van der Waals surface area (Å²) in [7, 11) is 0. The number of imidazole rings is 1. The molecule has 0 radical (unpaired) electrons. The van der Waals surface area contributed by atoms with Crippen LogP contribution in [0.25, 0.3) is 0 Å². The lowest BCUT2D eigenvalue weighted by atomic mass is 10.3. The van der Waals surface area contributed by atoms with Crippen LogP contribution in [0.1, 0.15) is 12.6 Å². The van der Waals surface area contributed by atoms with Gasteiger partial charge in [-0.25, -0.2) is 4.98 Å². The number of carbonyl (C=O) groups is 1. The molecule has 0 unspecified atom stereocenters. The first-order valence-electron chi connectivity index (χ1n) is 6.67. The van der Waals surface area contributed by atoms with Gasteiger partial charge in [-0.3, -0.25) is 9.78 Å². The molecular weight excluding hydrogens is 284 g/mol. The van der Waals surface area contributed by atoms with Crippen molar-refractivity contribution in [3.05, 3.63) is 55.1 Å². The second-order valence-electron chi connectivity index (χ2n) is 4.45. The van der Waals surface area contributed by atoms with E-state index in [4.69, 9.17) is 0 Å². The van der Waals surface area contributed by atoms with Gasteiger partial charge in [-0.1, -0.05) is 23.9 Å². The normalized spacial score (nSPS) is 11.9. The van der Waals surface area contributed by atoms with Crippen LogP contribution in [-0.4, -0.2) is 32.2 Å². The smallest absolute Gasteiger partial charge is 0.233 e. The summed E-state index contributed by atoms with van der Waals surface area (Å²) in [6.07, 6.45) is 7.06. The molecule has 0 fully saturated rings. The van der Waals surface area contributed by atoms with E-state index in [0.29, 0.717) is 13.1 Å². The van der Waals surface area contributed by atoms with Gasteiger partial charge < -0.3 is 9.88 Å². The maximum Gasteiger partial charge on any atom is 0.233 e. The van der Waals surface area contributed by atoms with Gasteiger partial charge in [0.15, 0.2) is 5.16 Å². The number of hydrogen-bond acceptors (Lipinski definition) is 4. The van der Waals surface area contributed by atoms with E-state index in [-0.39, 0.29) is 11.2 Å². The van der Waals surface area contributed by atoms with Crippen LogP contribution in [0.4, 0.5) is 0 Å². The van der Waals surface area contributed by atoms with Gasteiger partial charge in [-0.15, -0.1) is 6.58 Å². The van der Waals surface area contributed by atoms with Gasteiger partial charge in [0, 0.05) is 25.1 Å². The molecule has 2 rings (SSSR count). The minimum Gasteiger partial charge on any atom is -0.352 e. The van der Waals surface area contributed by atoms with Crippen LogP contribution < -0.4 is 5.32 Å². The first-order chi connectivity index (χ1) is 10.2. The molecule has 1 N–H and O–H groups in total. The van der Waals surface area contributed by atoms with Crippen molar-refractivity contribution in [2.75, 3.05) is 6.54 Å². The molecule has 110 valence electrons. The van der Waals surface area contributed by atoms with Gasteiger partial charge in [-0.05, 0) is 19.1 Å². The van der Waals surface area contributed by atoms with E-state index in [1.165, 1.54) is 11.8 Å². The molecule has 0 spiro atoms. The van der Waals surface area contributed by atoms with Crippen LogP contribution in [-0.2, 0) is 11.3 Å². The summed E-state index contributed by atoms with van der Waals surface area (Å²) in [6.45, 7) is 6.57. The van der Waals surface area contributed by atoms with E-state index in [0.717, 1.165) is 10.9 Å². The van der Waals surface area contributed by atoms with E-state index in [2.05, 4.69) is 21.9 Å². The van der Waals surface area contributed by atoms with Crippen molar-refractivity contribution in [2.45, 2.75) is 23.9 Å². The lowest BCUT2D eigenvalue weighted by Gasteiger charge is -2.12. The molecule has 5 nitrogen and oxygen atoms in total. The molecule has 2 heterocycles. The molecule has 0 bridgehead atoms. The molecule has 6 heteroatoms. The second kappa shape index (κ2) is 7.64. The minimum absolute atomic E-state index is 0.0210. The van der Waals surface area contributed by atoms with E-state index in [1.807, 2.05) is 35.9 Å². The van der Waals surface area contributed by atoms with Crippen LogP contribution in [0.3, 0.4) is 0 Å². The van der Waals surface area contributed by atoms with E-state index >= 15 is 0 Å². The summed E-state index contributed by atoms with van der Waals surface area (Å²) in [5.41, 5.74) is 0.959. The Balaban J connectivity index is 2.00. The zero-order valence-electron chi connectivity index (χ0n) is 11.9. The molecular formula is C15H18N4OS. The molecule has 1 amide bonds. The van der Waals surface area contributed by atoms with Gasteiger partial charge in [-0.2, -0.15) is 0 Å². The third-order valence-electron chi connectivity index (χ3n) is 2.81. The summed E-state index contributed by atoms with van der Waals surface area (Å²) < 4.78 is 1.99. The monoisotopic (exact) mass is 302 g/mol. The highest BCUT2D eigenvalue weighted by Crippen LogP contribution is 2.22. The van der Waals surface area contributed by atoms with E-state index in [9.17, 15) is 4.79 Å². The van der Waals surface area contributed by atoms with Crippen LogP contribution in [0, 0.1) is 0 Å². The maximum atomic E-state index is 11.9. The minimum atomic E-state index is -0.213. The van der Waals surface area contributed by atoms with Crippen molar-refractivity contribution >= 4 is 17.7 Å². The standard InChI is InChI=1S/C15H18N4OS/c1-3-7-17-14(20)12(2)21-15-18-9-10-19(15)11-13-6-4-5-8-16-13/h3-6,8-10,12H,1,7,11H2,2H3,(H,17,20)/t12-/m0/s1. The molecule has 21 heavy (non-hydrogen) atoms.